The topological polar surface area (TPSA) is 26.0 Å². The van der Waals surface area contributed by atoms with Gasteiger partial charge in [-0.15, -0.1) is 0 Å². The fourth-order valence-electron chi connectivity index (χ4n) is 2.26. The van der Waals surface area contributed by atoms with Crippen LogP contribution in [-0.4, -0.2) is 7.05 Å². The third kappa shape index (κ3) is 4.10. The Balaban J connectivity index is 0.000000561. The monoisotopic (exact) mass is 171 g/mol. The van der Waals surface area contributed by atoms with Crippen molar-refractivity contribution in [3.63, 3.8) is 0 Å². The van der Waals surface area contributed by atoms with Gasteiger partial charge in [-0.1, -0.05) is 39.5 Å². The summed E-state index contributed by atoms with van der Waals surface area (Å²) in [4.78, 5) is 0. The van der Waals surface area contributed by atoms with Gasteiger partial charge < -0.3 is 5.73 Å². The molecule has 0 amide bonds. The summed E-state index contributed by atoms with van der Waals surface area (Å²) in [5.74, 6) is 0. The molecule has 0 unspecified atom stereocenters. The van der Waals surface area contributed by atoms with Gasteiger partial charge in [-0.05, 0) is 31.7 Å². The van der Waals surface area contributed by atoms with E-state index in [0.717, 1.165) is 5.41 Å². The van der Waals surface area contributed by atoms with E-state index in [0.29, 0.717) is 0 Å². The zero-order valence-electron chi connectivity index (χ0n) is 9.03. The summed E-state index contributed by atoms with van der Waals surface area (Å²) in [6, 6.07) is 0. The van der Waals surface area contributed by atoms with Gasteiger partial charge in [0, 0.05) is 0 Å². The molecule has 0 bridgehead atoms. The van der Waals surface area contributed by atoms with Gasteiger partial charge in [-0.2, -0.15) is 0 Å². The van der Waals surface area contributed by atoms with Gasteiger partial charge in [-0.3, -0.25) is 0 Å². The van der Waals surface area contributed by atoms with E-state index in [2.05, 4.69) is 19.6 Å². The maximum Gasteiger partial charge on any atom is -0.0195 e. The molecule has 0 radical (unpaired) electrons. The van der Waals surface area contributed by atoms with Crippen LogP contribution in [0.2, 0.25) is 0 Å². The molecule has 0 aromatic heterocycles. The first-order valence-electron chi connectivity index (χ1n) is 5.35. The Morgan fingerprint density at radius 2 is 1.58 bits per heavy atom. The second-order valence-corrected chi connectivity index (χ2v) is 4.12. The fourth-order valence-corrected chi connectivity index (χ4v) is 2.26. The second kappa shape index (κ2) is 6.47. The van der Waals surface area contributed by atoms with Crippen LogP contribution in [0, 0.1) is 5.41 Å². The van der Waals surface area contributed by atoms with E-state index in [1.807, 2.05) is 0 Å². The van der Waals surface area contributed by atoms with Gasteiger partial charge in [-0.25, -0.2) is 0 Å². The predicted octanol–water partition coefficient (Wildman–Crippen LogP) is 3.33. The van der Waals surface area contributed by atoms with Gasteiger partial charge in [0.1, 0.15) is 0 Å². The molecule has 0 heterocycles. The zero-order valence-corrected chi connectivity index (χ0v) is 9.03. The van der Waals surface area contributed by atoms with Crippen LogP contribution in [0.5, 0.6) is 0 Å². The molecular formula is C11H25N. The van der Waals surface area contributed by atoms with Crippen molar-refractivity contribution < 1.29 is 0 Å². The van der Waals surface area contributed by atoms with Crippen molar-refractivity contribution in [3.8, 4) is 0 Å². The number of hydrogen-bond donors (Lipinski definition) is 1. The minimum absolute atomic E-state index is 0.729. The van der Waals surface area contributed by atoms with E-state index in [9.17, 15) is 0 Å². The summed E-state index contributed by atoms with van der Waals surface area (Å²) in [6.45, 7) is 4.77. The third-order valence-corrected chi connectivity index (χ3v) is 2.91. The minimum Gasteiger partial charge on any atom is -0.333 e. The average Bonchev–Trinajstić information content (AvgIpc) is 2.09. The number of hydrogen-bond acceptors (Lipinski definition) is 1. The number of nitrogens with two attached hydrogens (primary N) is 1. The molecule has 1 aliphatic carbocycles. The van der Waals surface area contributed by atoms with Crippen molar-refractivity contribution in [3.05, 3.63) is 0 Å². The highest BCUT2D eigenvalue weighted by Crippen LogP contribution is 2.39. The van der Waals surface area contributed by atoms with Crippen molar-refractivity contribution >= 4 is 0 Å². The molecule has 12 heavy (non-hydrogen) atoms. The van der Waals surface area contributed by atoms with Crippen LogP contribution in [0.4, 0.5) is 0 Å². The molecule has 1 nitrogen and oxygen atoms in total. The minimum atomic E-state index is 0.729. The molecule has 2 N–H and O–H groups in total. The first-order chi connectivity index (χ1) is 5.77. The molecule has 0 aromatic carbocycles. The maximum atomic E-state index is 4.50. The molecule has 1 heteroatoms. The molecule has 0 atom stereocenters. The van der Waals surface area contributed by atoms with E-state index in [4.69, 9.17) is 0 Å². The van der Waals surface area contributed by atoms with Crippen LogP contribution in [0.1, 0.15) is 58.8 Å². The van der Waals surface area contributed by atoms with Gasteiger partial charge in [0.25, 0.3) is 0 Å². The Hall–Kier alpha value is -0.0400. The largest absolute Gasteiger partial charge is 0.333 e. The smallest absolute Gasteiger partial charge is 0.0195 e. The van der Waals surface area contributed by atoms with Gasteiger partial charge >= 0.3 is 0 Å². The third-order valence-electron chi connectivity index (χ3n) is 2.91. The van der Waals surface area contributed by atoms with Crippen LogP contribution >= 0.6 is 0 Å². The van der Waals surface area contributed by atoms with Crippen molar-refractivity contribution in [1.82, 2.24) is 0 Å². The molecule has 0 aliphatic heterocycles. The Labute approximate surface area is 77.7 Å². The van der Waals surface area contributed by atoms with Gasteiger partial charge in [0.2, 0.25) is 0 Å². The lowest BCUT2D eigenvalue weighted by Gasteiger charge is -2.33. The van der Waals surface area contributed by atoms with Crippen LogP contribution < -0.4 is 5.73 Å². The Kier molecular flexibility index (Phi) is 6.45. The molecule has 0 saturated heterocycles. The summed E-state index contributed by atoms with van der Waals surface area (Å²) in [5, 5.41) is 0. The van der Waals surface area contributed by atoms with Crippen LogP contribution in [0.15, 0.2) is 0 Å². The Bertz CT molecular complexity index is 87.7. The van der Waals surface area contributed by atoms with E-state index in [1.54, 1.807) is 0 Å². The van der Waals surface area contributed by atoms with Crippen molar-refractivity contribution in [2.45, 2.75) is 58.8 Å². The first kappa shape index (κ1) is 12.0. The maximum absolute atomic E-state index is 4.50. The molecule has 1 saturated carbocycles. The zero-order chi connectivity index (χ0) is 9.45. The van der Waals surface area contributed by atoms with Gasteiger partial charge in [0.05, 0.1) is 0 Å². The molecule has 0 aromatic rings. The normalized spacial score (nSPS) is 21.0. The van der Waals surface area contributed by atoms with E-state index in [1.165, 1.54) is 52.0 Å². The van der Waals surface area contributed by atoms with Gasteiger partial charge in [0.15, 0.2) is 0 Å². The van der Waals surface area contributed by atoms with Crippen molar-refractivity contribution in [1.29, 1.82) is 0 Å². The van der Waals surface area contributed by atoms with E-state index >= 15 is 0 Å². The van der Waals surface area contributed by atoms with E-state index in [-0.39, 0.29) is 0 Å². The van der Waals surface area contributed by atoms with Crippen molar-refractivity contribution in [2.75, 3.05) is 7.05 Å². The lowest BCUT2D eigenvalue weighted by Crippen LogP contribution is -2.19. The molecule has 1 rings (SSSR count). The summed E-state index contributed by atoms with van der Waals surface area (Å²) < 4.78 is 0. The summed E-state index contributed by atoms with van der Waals surface area (Å²) in [7, 11) is 1.50. The molecule has 74 valence electrons. The van der Waals surface area contributed by atoms with Crippen molar-refractivity contribution in [2.24, 2.45) is 11.1 Å². The second-order valence-electron chi connectivity index (χ2n) is 4.12. The van der Waals surface area contributed by atoms with E-state index < -0.39 is 0 Å². The highest BCUT2D eigenvalue weighted by molar-refractivity contribution is 4.77. The molecule has 1 fully saturated rings. The van der Waals surface area contributed by atoms with Crippen LogP contribution in [0.25, 0.3) is 0 Å². The lowest BCUT2D eigenvalue weighted by atomic mass is 9.73. The molecular weight excluding hydrogens is 146 g/mol. The Morgan fingerprint density at radius 3 is 2.00 bits per heavy atom. The number of rotatable bonds is 2. The van der Waals surface area contributed by atoms with Crippen LogP contribution in [0.3, 0.4) is 0 Å². The highest BCUT2D eigenvalue weighted by atomic mass is 14.4. The SMILES string of the molecule is CCCC1(C)CCCCC1.CN. The molecule has 1 aliphatic rings. The summed E-state index contributed by atoms with van der Waals surface area (Å²) >= 11 is 0. The first-order valence-corrected chi connectivity index (χ1v) is 5.35. The standard InChI is InChI=1S/C10H20.CH5N/c1-3-7-10(2)8-5-4-6-9-10;1-2/h3-9H2,1-2H3;2H2,1H3. The summed E-state index contributed by atoms with van der Waals surface area (Å²) in [6.07, 6.45) is 10.2. The highest BCUT2D eigenvalue weighted by Gasteiger charge is 2.24. The quantitative estimate of drug-likeness (QED) is 0.677. The Morgan fingerprint density at radius 1 is 1.08 bits per heavy atom. The summed E-state index contributed by atoms with van der Waals surface area (Å²) in [5.41, 5.74) is 5.23. The average molecular weight is 171 g/mol. The lowest BCUT2D eigenvalue weighted by molar-refractivity contribution is 0.197. The molecule has 0 spiro atoms. The van der Waals surface area contributed by atoms with Crippen LogP contribution in [-0.2, 0) is 0 Å². The fraction of sp³-hybridized carbons (Fsp3) is 1.00. The predicted molar refractivity (Wildman–Crippen MR) is 56.2 cm³/mol.